The number of rotatable bonds is 3. The minimum absolute atomic E-state index is 0.0881. The molecule has 0 amide bonds. The summed E-state index contributed by atoms with van der Waals surface area (Å²) in [5, 5.41) is 10.1. The van der Waals surface area contributed by atoms with Crippen LogP contribution in [0.5, 0.6) is 5.75 Å². The number of aliphatic hydroxyl groups excluding tert-OH is 1. The van der Waals surface area contributed by atoms with E-state index in [1.165, 1.54) is 18.4 Å². The first kappa shape index (κ1) is 13.9. The molecule has 1 aliphatic carbocycles. The Morgan fingerprint density at radius 3 is 2.40 bits per heavy atom. The van der Waals surface area contributed by atoms with Crippen LogP contribution < -0.4 is 4.74 Å². The molecule has 0 bridgehead atoms. The van der Waals surface area contributed by atoms with Crippen molar-refractivity contribution < 1.29 is 14.6 Å². The molecule has 3 atom stereocenters. The number of hydrogen-bond acceptors (Lipinski definition) is 3. The van der Waals surface area contributed by atoms with Gasteiger partial charge in [0.25, 0.3) is 0 Å². The van der Waals surface area contributed by atoms with E-state index in [-0.39, 0.29) is 12.4 Å². The van der Waals surface area contributed by atoms with Crippen molar-refractivity contribution >= 4 is 0 Å². The summed E-state index contributed by atoms with van der Waals surface area (Å²) >= 11 is 0. The lowest BCUT2D eigenvalue weighted by Crippen LogP contribution is -2.25. The van der Waals surface area contributed by atoms with Gasteiger partial charge in [-0.2, -0.15) is 0 Å². The van der Waals surface area contributed by atoms with Crippen molar-refractivity contribution in [2.24, 2.45) is 0 Å². The minimum Gasteiger partial charge on any atom is -0.465 e. The number of aliphatic hydroxyl groups is 1. The highest BCUT2D eigenvalue weighted by molar-refractivity contribution is 5.30. The summed E-state index contributed by atoms with van der Waals surface area (Å²) in [7, 11) is 0. The van der Waals surface area contributed by atoms with Crippen molar-refractivity contribution in [1.29, 1.82) is 0 Å². The lowest BCUT2D eigenvalue weighted by molar-refractivity contribution is -0.105. The Hall–Kier alpha value is -1.06. The van der Waals surface area contributed by atoms with Crippen LogP contribution in [0.25, 0.3) is 0 Å². The maximum atomic E-state index is 10.1. The van der Waals surface area contributed by atoms with Gasteiger partial charge in [-0.15, -0.1) is 0 Å². The Morgan fingerprint density at radius 1 is 0.950 bits per heavy atom. The third kappa shape index (κ3) is 3.33. The van der Waals surface area contributed by atoms with Crippen molar-refractivity contribution in [3.63, 3.8) is 0 Å². The van der Waals surface area contributed by atoms with Gasteiger partial charge in [-0.1, -0.05) is 25.0 Å². The van der Waals surface area contributed by atoms with E-state index in [2.05, 4.69) is 12.1 Å². The summed E-state index contributed by atoms with van der Waals surface area (Å²) < 4.78 is 11.4. The highest BCUT2D eigenvalue weighted by Crippen LogP contribution is 2.33. The van der Waals surface area contributed by atoms with Crippen molar-refractivity contribution in [2.45, 2.75) is 63.3 Å². The second-order valence-electron chi connectivity index (χ2n) is 5.94. The molecular formula is C17H24O3. The van der Waals surface area contributed by atoms with Crippen molar-refractivity contribution in [2.75, 3.05) is 6.61 Å². The zero-order valence-corrected chi connectivity index (χ0v) is 12.0. The van der Waals surface area contributed by atoms with Gasteiger partial charge < -0.3 is 14.6 Å². The number of benzene rings is 1. The van der Waals surface area contributed by atoms with E-state index in [0.717, 1.165) is 44.5 Å². The zero-order chi connectivity index (χ0) is 13.8. The zero-order valence-electron chi connectivity index (χ0n) is 12.0. The van der Waals surface area contributed by atoms with Gasteiger partial charge in [0, 0.05) is 12.3 Å². The van der Waals surface area contributed by atoms with Crippen molar-refractivity contribution in [3.05, 3.63) is 29.8 Å². The average Bonchev–Trinajstić information content (AvgIpc) is 2.50. The normalized spacial score (nSPS) is 30.9. The third-order valence-electron chi connectivity index (χ3n) is 4.44. The first-order valence-corrected chi connectivity index (χ1v) is 7.89. The Labute approximate surface area is 120 Å². The molecule has 3 nitrogen and oxygen atoms in total. The average molecular weight is 276 g/mol. The summed E-state index contributed by atoms with van der Waals surface area (Å²) in [6, 6.07) is 8.21. The first-order chi connectivity index (χ1) is 9.83. The molecule has 1 saturated carbocycles. The van der Waals surface area contributed by atoms with Gasteiger partial charge in [0.1, 0.15) is 5.75 Å². The SMILES string of the molecule is O[C@H]1CCCC[C@@H]1c1ccc(OC2CCCCO2)cc1. The molecule has 1 N–H and O–H groups in total. The van der Waals surface area contributed by atoms with Gasteiger partial charge in [-0.05, 0) is 43.4 Å². The lowest BCUT2D eigenvalue weighted by Gasteiger charge is -2.28. The Bertz CT molecular complexity index is 409. The molecule has 3 rings (SSSR count). The first-order valence-electron chi connectivity index (χ1n) is 7.89. The van der Waals surface area contributed by atoms with E-state index in [1.54, 1.807) is 0 Å². The van der Waals surface area contributed by atoms with Gasteiger partial charge in [-0.25, -0.2) is 0 Å². The van der Waals surface area contributed by atoms with Crippen LogP contribution in [-0.4, -0.2) is 24.1 Å². The van der Waals surface area contributed by atoms with Gasteiger partial charge in [0.15, 0.2) is 6.29 Å². The molecule has 1 aromatic carbocycles. The van der Waals surface area contributed by atoms with E-state index in [9.17, 15) is 5.11 Å². The molecule has 1 saturated heterocycles. The lowest BCUT2D eigenvalue weighted by atomic mass is 9.82. The van der Waals surface area contributed by atoms with Crippen LogP contribution in [0.2, 0.25) is 0 Å². The van der Waals surface area contributed by atoms with Gasteiger partial charge in [-0.3, -0.25) is 0 Å². The molecule has 0 aromatic heterocycles. The molecule has 20 heavy (non-hydrogen) atoms. The number of hydrogen-bond donors (Lipinski definition) is 1. The van der Waals surface area contributed by atoms with Crippen LogP contribution in [0, 0.1) is 0 Å². The minimum atomic E-state index is -0.183. The fraction of sp³-hybridized carbons (Fsp3) is 0.647. The third-order valence-corrected chi connectivity index (χ3v) is 4.44. The van der Waals surface area contributed by atoms with Gasteiger partial charge in [0.05, 0.1) is 12.7 Å². The Balaban J connectivity index is 1.61. The van der Waals surface area contributed by atoms with Crippen LogP contribution in [0.3, 0.4) is 0 Å². The summed E-state index contributed by atoms with van der Waals surface area (Å²) in [5.41, 5.74) is 1.23. The fourth-order valence-corrected chi connectivity index (χ4v) is 3.25. The van der Waals surface area contributed by atoms with E-state index >= 15 is 0 Å². The highest BCUT2D eigenvalue weighted by Gasteiger charge is 2.24. The predicted octanol–water partition coefficient (Wildman–Crippen LogP) is 3.61. The molecule has 2 aliphatic rings. The monoisotopic (exact) mass is 276 g/mol. The topological polar surface area (TPSA) is 38.7 Å². The van der Waals surface area contributed by atoms with E-state index < -0.39 is 0 Å². The van der Waals surface area contributed by atoms with E-state index in [4.69, 9.17) is 9.47 Å². The summed E-state index contributed by atoms with van der Waals surface area (Å²) in [6.45, 7) is 0.803. The fourth-order valence-electron chi connectivity index (χ4n) is 3.25. The molecule has 1 aromatic rings. The van der Waals surface area contributed by atoms with E-state index in [0.29, 0.717) is 5.92 Å². The molecule has 110 valence electrons. The standard InChI is InChI=1S/C17H24O3/c18-16-6-2-1-5-15(16)13-8-10-14(11-9-13)20-17-7-3-4-12-19-17/h8-11,15-18H,1-7,12H2/t15-,16+,17?/m1/s1. The molecule has 0 spiro atoms. The maximum Gasteiger partial charge on any atom is 0.199 e. The van der Waals surface area contributed by atoms with Crippen LogP contribution >= 0.6 is 0 Å². The van der Waals surface area contributed by atoms with Crippen molar-refractivity contribution in [1.82, 2.24) is 0 Å². The quantitative estimate of drug-likeness (QED) is 0.916. The Morgan fingerprint density at radius 2 is 1.70 bits per heavy atom. The number of ether oxygens (including phenoxy) is 2. The van der Waals surface area contributed by atoms with Crippen LogP contribution in [0.15, 0.2) is 24.3 Å². The molecule has 1 unspecified atom stereocenters. The molecule has 3 heteroatoms. The summed E-state index contributed by atoms with van der Waals surface area (Å²) in [4.78, 5) is 0. The van der Waals surface area contributed by atoms with Crippen LogP contribution in [0.1, 0.15) is 56.4 Å². The summed E-state index contributed by atoms with van der Waals surface area (Å²) in [5.74, 6) is 1.16. The molecular weight excluding hydrogens is 252 g/mol. The van der Waals surface area contributed by atoms with E-state index in [1.807, 2.05) is 12.1 Å². The second-order valence-corrected chi connectivity index (χ2v) is 5.94. The van der Waals surface area contributed by atoms with Crippen LogP contribution in [0.4, 0.5) is 0 Å². The van der Waals surface area contributed by atoms with Crippen molar-refractivity contribution in [3.8, 4) is 5.75 Å². The Kier molecular flexibility index (Phi) is 4.58. The van der Waals surface area contributed by atoms with Gasteiger partial charge in [0.2, 0.25) is 0 Å². The predicted molar refractivity (Wildman–Crippen MR) is 77.9 cm³/mol. The van der Waals surface area contributed by atoms with Crippen LogP contribution in [-0.2, 0) is 4.74 Å². The largest absolute Gasteiger partial charge is 0.465 e. The molecule has 1 aliphatic heterocycles. The summed E-state index contributed by atoms with van der Waals surface area (Å²) in [6.07, 6.45) is 7.41. The highest BCUT2D eigenvalue weighted by atomic mass is 16.7. The van der Waals surface area contributed by atoms with Gasteiger partial charge >= 0.3 is 0 Å². The molecule has 0 radical (unpaired) electrons. The maximum absolute atomic E-state index is 10.1. The second kappa shape index (κ2) is 6.59. The molecule has 2 fully saturated rings. The smallest absolute Gasteiger partial charge is 0.199 e. The molecule has 1 heterocycles.